The Hall–Kier alpha value is -4.49. The lowest BCUT2D eigenvalue weighted by molar-refractivity contribution is 0.299. The molecule has 0 fully saturated rings. The predicted octanol–water partition coefficient (Wildman–Crippen LogP) is 5.03. The van der Waals surface area contributed by atoms with Crippen molar-refractivity contribution in [2.45, 2.75) is 0 Å². The molecular formula is C24H23N4O5P. The van der Waals surface area contributed by atoms with E-state index in [2.05, 4.69) is 0 Å². The number of hydrogen-bond donors (Lipinski definition) is 5. The van der Waals surface area contributed by atoms with E-state index in [0.717, 1.165) is 0 Å². The van der Waals surface area contributed by atoms with Gasteiger partial charge in [-0.2, -0.15) is 4.57 Å². The van der Waals surface area contributed by atoms with Crippen LogP contribution in [0.4, 0.5) is 22.7 Å². The Kier molecular flexibility index (Phi) is 6.12. The van der Waals surface area contributed by atoms with Crippen molar-refractivity contribution in [2.75, 3.05) is 22.9 Å². The second kappa shape index (κ2) is 9.17. The van der Waals surface area contributed by atoms with Crippen LogP contribution in [0.3, 0.4) is 0 Å². The highest BCUT2D eigenvalue weighted by molar-refractivity contribution is 7.49. The van der Waals surface area contributed by atoms with Crippen LogP contribution in [0, 0.1) is 0 Å². The van der Waals surface area contributed by atoms with Crippen LogP contribution in [0.1, 0.15) is 0 Å². The average molecular weight is 478 g/mol. The molecule has 174 valence electrons. The van der Waals surface area contributed by atoms with Gasteiger partial charge < -0.3 is 41.6 Å². The van der Waals surface area contributed by atoms with Gasteiger partial charge in [-0.3, -0.25) is 0 Å². The van der Waals surface area contributed by atoms with Crippen molar-refractivity contribution >= 4 is 30.6 Å². The highest BCUT2D eigenvalue weighted by Crippen LogP contribution is 2.52. The van der Waals surface area contributed by atoms with E-state index in [1.54, 1.807) is 48.5 Å². The number of nitrogens with two attached hydrogens (primary N) is 4. The van der Waals surface area contributed by atoms with Gasteiger partial charge in [0.2, 0.25) is 0 Å². The third-order valence-corrected chi connectivity index (χ3v) is 6.01. The lowest BCUT2D eigenvalue weighted by Crippen LogP contribution is -2.08. The first-order valence-electron chi connectivity index (χ1n) is 10.1. The molecule has 0 atom stereocenters. The maximum absolute atomic E-state index is 13.9. The summed E-state index contributed by atoms with van der Waals surface area (Å²) in [5.41, 5.74) is 25.8. The predicted molar refractivity (Wildman–Crippen MR) is 134 cm³/mol. The molecule has 0 amide bonds. The fourth-order valence-electron chi connectivity index (χ4n) is 3.10. The number of anilines is 4. The Bertz CT molecular complexity index is 1310. The summed E-state index contributed by atoms with van der Waals surface area (Å²) in [4.78, 5) is 0. The maximum Gasteiger partial charge on any atom is 0.647 e. The zero-order chi connectivity index (χ0) is 24.3. The molecule has 4 aromatic carbocycles. The summed E-state index contributed by atoms with van der Waals surface area (Å²) >= 11 is 0. The van der Waals surface area contributed by atoms with Crippen molar-refractivity contribution < 1.29 is 23.2 Å². The van der Waals surface area contributed by atoms with E-state index < -0.39 is 7.82 Å². The number of aromatic hydroxyl groups is 1. The van der Waals surface area contributed by atoms with Gasteiger partial charge in [-0.05, 0) is 84.9 Å². The zero-order valence-electron chi connectivity index (χ0n) is 17.9. The second-order valence-electron chi connectivity index (χ2n) is 7.39. The molecule has 0 aliphatic heterocycles. The van der Waals surface area contributed by atoms with Crippen LogP contribution >= 0.6 is 7.82 Å². The van der Waals surface area contributed by atoms with E-state index in [1.807, 2.05) is 0 Å². The molecule has 0 unspecified atom stereocenters. The van der Waals surface area contributed by atoms with E-state index in [0.29, 0.717) is 33.9 Å². The van der Waals surface area contributed by atoms with Crippen LogP contribution in [0.15, 0.2) is 84.9 Å². The van der Waals surface area contributed by atoms with Crippen molar-refractivity contribution in [3.63, 3.8) is 0 Å². The quantitative estimate of drug-likeness (QED) is 0.139. The second-order valence-corrected chi connectivity index (χ2v) is 8.83. The molecular weight excluding hydrogens is 455 g/mol. The number of hydrogen-bond acceptors (Lipinski definition) is 9. The third kappa shape index (κ3) is 5.28. The summed E-state index contributed by atoms with van der Waals surface area (Å²) in [5.74, 6) is 0.427. The lowest BCUT2D eigenvalue weighted by Gasteiger charge is -2.21. The van der Waals surface area contributed by atoms with Gasteiger partial charge >= 0.3 is 7.82 Å². The molecule has 0 aliphatic rings. The van der Waals surface area contributed by atoms with Crippen LogP contribution in [-0.4, -0.2) is 5.11 Å². The van der Waals surface area contributed by atoms with Gasteiger partial charge in [-0.25, -0.2) is 0 Å². The lowest BCUT2D eigenvalue weighted by atomic mass is 10.0. The summed E-state index contributed by atoms with van der Waals surface area (Å²) < 4.78 is 31.1. The third-order valence-electron chi connectivity index (χ3n) is 4.72. The van der Waals surface area contributed by atoms with E-state index in [-0.39, 0.29) is 23.0 Å². The fraction of sp³-hybridized carbons (Fsp3) is 0. The molecule has 0 heterocycles. The fourth-order valence-corrected chi connectivity index (χ4v) is 4.37. The highest BCUT2D eigenvalue weighted by Gasteiger charge is 2.34. The normalized spacial score (nSPS) is 11.1. The Morgan fingerprint density at radius 2 is 1.00 bits per heavy atom. The van der Waals surface area contributed by atoms with Crippen molar-refractivity contribution in [1.29, 1.82) is 0 Å². The number of benzene rings is 4. The molecule has 9 N–H and O–H groups in total. The van der Waals surface area contributed by atoms with Gasteiger partial charge in [0.25, 0.3) is 0 Å². The molecule has 34 heavy (non-hydrogen) atoms. The summed E-state index contributed by atoms with van der Waals surface area (Å²) in [6.45, 7) is 0. The summed E-state index contributed by atoms with van der Waals surface area (Å²) in [6, 6.07) is 21.6. The van der Waals surface area contributed by atoms with Gasteiger partial charge in [0.15, 0.2) is 0 Å². The monoisotopic (exact) mass is 478 g/mol. The first-order valence-corrected chi connectivity index (χ1v) is 11.6. The minimum absolute atomic E-state index is 0.0709. The molecule has 0 saturated heterocycles. The number of rotatable bonds is 7. The Morgan fingerprint density at radius 3 is 1.53 bits per heavy atom. The summed E-state index contributed by atoms with van der Waals surface area (Å²) in [5, 5.41) is 10.4. The molecule has 0 radical (unpaired) electrons. The molecule has 10 heteroatoms. The van der Waals surface area contributed by atoms with Crippen LogP contribution in [0.5, 0.6) is 23.0 Å². The molecule has 9 nitrogen and oxygen atoms in total. The van der Waals surface area contributed by atoms with E-state index >= 15 is 0 Å². The Balaban J connectivity index is 1.77. The van der Waals surface area contributed by atoms with Gasteiger partial charge in [0.1, 0.15) is 23.0 Å². The first-order chi connectivity index (χ1) is 16.2. The standard InChI is InChI=1S/C24H23N4O5P/c25-15-1-7-19(8-2-15)31-34(30,32-20-9-3-16(26)4-10-20)33-24-12-6-18(28)14-22(24)21-13-17(27)5-11-23(21)29/h1-14,29H,25-28H2. The van der Waals surface area contributed by atoms with Gasteiger partial charge in [-0.15, -0.1) is 0 Å². The number of phosphoric ester groups is 1. The van der Waals surface area contributed by atoms with Crippen LogP contribution in [-0.2, 0) is 4.57 Å². The summed E-state index contributed by atoms with van der Waals surface area (Å²) in [7, 11) is -4.34. The minimum atomic E-state index is -4.34. The number of phenols is 1. The van der Waals surface area contributed by atoms with Crippen LogP contribution in [0.2, 0.25) is 0 Å². The van der Waals surface area contributed by atoms with E-state index in [9.17, 15) is 9.67 Å². The number of phenolic OH excluding ortho intramolecular Hbond substituents is 1. The van der Waals surface area contributed by atoms with Crippen molar-refractivity contribution in [3.8, 4) is 34.1 Å². The van der Waals surface area contributed by atoms with Crippen LogP contribution < -0.4 is 36.5 Å². The average Bonchev–Trinajstić information content (AvgIpc) is 2.80. The van der Waals surface area contributed by atoms with Crippen molar-refractivity contribution in [2.24, 2.45) is 0 Å². The zero-order valence-corrected chi connectivity index (χ0v) is 18.8. The van der Waals surface area contributed by atoms with E-state index in [1.165, 1.54) is 36.4 Å². The highest BCUT2D eigenvalue weighted by atomic mass is 31.2. The van der Waals surface area contributed by atoms with Gasteiger partial charge in [0, 0.05) is 33.9 Å². The Morgan fingerprint density at radius 1 is 0.559 bits per heavy atom. The largest absolute Gasteiger partial charge is 0.647 e. The van der Waals surface area contributed by atoms with Crippen molar-refractivity contribution in [3.05, 3.63) is 84.9 Å². The molecule has 0 spiro atoms. The molecule has 4 aromatic rings. The molecule has 0 bridgehead atoms. The molecule has 4 rings (SSSR count). The SMILES string of the molecule is Nc1ccc(OP(=O)(Oc2ccc(N)cc2)Oc2ccc(N)cc2-c2cc(N)ccc2O)cc1. The maximum atomic E-state index is 13.9. The number of nitrogen functional groups attached to an aromatic ring is 4. The summed E-state index contributed by atoms with van der Waals surface area (Å²) in [6.07, 6.45) is 0. The molecule has 0 aliphatic carbocycles. The van der Waals surface area contributed by atoms with Gasteiger partial charge in [-0.1, -0.05) is 0 Å². The first kappa shape index (κ1) is 22.7. The number of phosphoric acid groups is 1. The van der Waals surface area contributed by atoms with Gasteiger partial charge in [0.05, 0.1) is 0 Å². The van der Waals surface area contributed by atoms with Crippen molar-refractivity contribution in [1.82, 2.24) is 0 Å². The minimum Gasteiger partial charge on any atom is -0.507 e. The molecule has 0 aromatic heterocycles. The smallest absolute Gasteiger partial charge is 0.507 e. The molecule has 0 saturated carbocycles. The van der Waals surface area contributed by atoms with Crippen LogP contribution in [0.25, 0.3) is 11.1 Å². The van der Waals surface area contributed by atoms with E-state index in [4.69, 9.17) is 36.5 Å². The Labute approximate surface area is 196 Å². The topological polar surface area (TPSA) is 169 Å².